The lowest BCUT2D eigenvalue weighted by atomic mass is 9.99. The van der Waals surface area contributed by atoms with Gasteiger partial charge in [-0.15, -0.1) is 0 Å². The van der Waals surface area contributed by atoms with E-state index < -0.39 is 24.1 Å². The molecule has 2 aromatic rings. The van der Waals surface area contributed by atoms with Gasteiger partial charge in [0.05, 0.1) is 12.0 Å². The molecule has 2 aliphatic heterocycles. The quantitative estimate of drug-likeness (QED) is 0.783. The van der Waals surface area contributed by atoms with Gasteiger partial charge in [0.1, 0.15) is 11.5 Å². The fraction of sp³-hybridized carbons (Fsp3) is 0.545. The standard InChI is InChI=1S/C22H27F3N4O2/c1-27(12-18(30)13-28-9-8-15-4-2-3-5-16(15)10-28)21(31)19-14-29-11-17(22(23,24)25)6-7-20(29)26-19/h2-5,14,17-18,30H,6-13H2,1H3. The van der Waals surface area contributed by atoms with Gasteiger partial charge >= 0.3 is 6.18 Å². The number of benzene rings is 1. The summed E-state index contributed by atoms with van der Waals surface area (Å²) in [4.78, 5) is 20.5. The highest BCUT2D eigenvalue weighted by Crippen LogP contribution is 2.34. The Morgan fingerprint density at radius 3 is 2.77 bits per heavy atom. The molecule has 1 amide bonds. The van der Waals surface area contributed by atoms with Crippen molar-refractivity contribution in [3.63, 3.8) is 0 Å². The van der Waals surface area contributed by atoms with E-state index in [0.29, 0.717) is 12.4 Å². The number of β-amino-alcohol motifs (C(OH)–C–C–N with tert-alkyl or cyclic N) is 1. The van der Waals surface area contributed by atoms with Gasteiger partial charge in [0.2, 0.25) is 0 Å². The van der Waals surface area contributed by atoms with Crippen molar-refractivity contribution in [2.45, 2.75) is 44.6 Å². The molecule has 0 saturated carbocycles. The number of carbonyl (C=O) groups is 1. The predicted molar refractivity (Wildman–Crippen MR) is 108 cm³/mol. The van der Waals surface area contributed by atoms with Gasteiger partial charge in [0.25, 0.3) is 5.91 Å². The van der Waals surface area contributed by atoms with Crippen LogP contribution < -0.4 is 0 Å². The number of imidazole rings is 1. The Morgan fingerprint density at radius 1 is 1.29 bits per heavy atom. The van der Waals surface area contributed by atoms with Crippen molar-refractivity contribution in [3.05, 3.63) is 53.1 Å². The summed E-state index contributed by atoms with van der Waals surface area (Å²) in [5, 5.41) is 10.5. The molecule has 2 aliphatic rings. The number of aryl methyl sites for hydroxylation is 1. The number of fused-ring (bicyclic) bond motifs is 2. The van der Waals surface area contributed by atoms with Crippen molar-refractivity contribution < 1.29 is 23.1 Å². The largest absolute Gasteiger partial charge is 0.393 e. The molecule has 2 unspecified atom stereocenters. The zero-order chi connectivity index (χ0) is 22.2. The molecule has 0 bridgehead atoms. The second kappa shape index (κ2) is 8.63. The molecule has 4 rings (SSSR count). The normalized spacial score (nSPS) is 20.1. The maximum absolute atomic E-state index is 13.0. The van der Waals surface area contributed by atoms with Crippen LogP contribution in [0.2, 0.25) is 0 Å². The Hall–Kier alpha value is -2.39. The lowest BCUT2D eigenvalue weighted by molar-refractivity contribution is -0.182. The number of amides is 1. The number of carbonyl (C=O) groups excluding carboxylic acids is 1. The highest BCUT2D eigenvalue weighted by atomic mass is 19.4. The average Bonchev–Trinajstić information content (AvgIpc) is 3.15. The van der Waals surface area contributed by atoms with Crippen molar-refractivity contribution in [2.75, 3.05) is 26.7 Å². The number of alkyl halides is 3. The van der Waals surface area contributed by atoms with E-state index in [4.69, 9.17) is 0 Å². The van der Waals surface area contributed by atoms with Crippen molar-refractivity contribution in [1.82, 2.24) is 19.4 Å². The van der Waals surface area contributed by atoms with E-state index in [0.717, 1.165) is 19.5 Å². The number of aliphatic hydroxyl groups excluding tert-OH is 1. The van der Waals surface area contributed by atoms with E-state index in [1.807, 2.05) is 12.1 Å². The van der Waals surface area contributed by atoms with Crippen LogP contribution in [-0.2, 0) is 25.9 Å². The van der Waals surface area contributed by atoms with E-state index in [1.165, 1.54) is 26.8 Å². The maximum Gasteiger partial charge on any atom is 0.393 e. The molecule has 6 nitrogen and oxygen atoms in total. The molecule has 1 aromatic carbocycles. The molecular weight excluding hydrogens is 409 g/mol. The second-order valence-electron chi connectivity index (χ2n) is 8.57. The number of nitrogens with zero attached hydrogens (tertiary/aromatic N) is 4. The number of rotatable bonds is 5. The van der Waals surface area contributed by atoms with Gasteiger partial charge in [-0.25, -0.2) is 4.98 Å². The number of hydrogen-bond acceptors (Lipinski definition) is 4. The van der Waals surface area contributed by atoms with Crippen LogP contribution >= 0.6 is 0 Å². The monoisotopic (exact) mass is 436 g/mol. The number of halogens is 3. The Morgan fingerprint density at radius 2 is 2.03 bits per heavy atom. The number of aliphatic hydroxyl groups is 1. The summed E-state index contributed by atoms with van der Waals surface area (Å²) in [7, 11) is 1.58. The van der Waals surface area contributed by atoms with E-state index in [1.54, 1.807) is 7.05 Å². The highest BCUT2D eigenvalue weighted by molar-refractivity contribution is 5.92. The molecule has 2 atom stereocenters. The lowest BCUT2D eigenvalue weighted by Gasteiger charge is -2.31. The summed E-state index contributed by atoms with van der Waals surface area (Å²) in [6.45, 7) is 1.98. The van der Waals surface area contributed by atoms with Gasteiger partial charge in [-0.1, -0.05) is 24.3 Å². The first-order chi connectivity index (χ1) is 14.7. The molecule has 0 fully saturated rings. The van der Waals surface area contributed by atoms with Crippen LogP contribution in [0.3, 0.4) is 0 Å². The highest BCUT2D eigenvalue weighted by Gasteiger charge is 2.41. The Bertz CT molecular complexity index is 943. The zero-order valence-corrected chi connectivity index (χ0v) is 17.5. The topological polar surface area (TPSA) is 61.6 Å². The molecule has 1 N–H and O–H groups in total. The first kappa shape index (κ1) is 21.8. The van der Waals surface area contributed by atoms with E-state index in [-0.39, 0.29) is 31.6 Å². The first-order valence-electron chi connectivity index (χ1n) is 10.6. The van der Waals surface area contributed by atoms with Crippen LogP contribution in [0.4, 0.5) is 13.2 Å². The van der Waals surface area contributed by atoms with Crippen LogP contribution in [0.25, 0.3) is 0 Å². The third-order valence-corrected chi connectivity index (χ3v) is 6.18. The summed E-state index contributed by atoms with van der Waals surface area (Å²) in [5.41, 5.74) is 2.71. The van der Waals surface area contributed by atoms with Crippen LogP contribution in [0.5, 0.6) is 0 Å². The van der Waals surface area contributed by atoms with Gasteiger partial charge in [0, 0.05) is 52.4 Å². The summed E-state index contributed by atoms with van der Waals surface area (Å²) in [5.74, 6) is -1.30. The van der Waals surface area contributed by atoms with Gasteiger partial charge in [0.15, 0.2) is 0 Å². The second-order valence-corrected chi connectivity index (χ2v) is 8.57. The third-order valence-electron chi connectivity index (χ3n) is 6.18. The summed E-state index contributed by atoms with van der Waals surface area (Å²) in [6, 6.07) is 8.25. The molecule has 3 heterocycles. The Labute approximate surface area is 179 Å². The van der Waals surface area contributed by atoms with Crippen LogP contribution in [0.15, 0.2) is 30.5 Å². The smallest absolute Gasteiger partial charge is 0.390 e. The van der Waals surface area contributed by atoms with Crippen molar-refractivity contribution in [3.8, 4) is 0 Å². The van der Waals surface area contributed by atoms with Crippen LogP contribution in [0, 0.1) is 5.92 Å². The summed E-state index contributed by atoms with van der Waals surface area (Å²) >= 11 is 0. The van der Waals surface area contributed by atoms with Crippen molar-refractivity contribution >= 4 is 5.91 Å². The van der Waals surface area contributed by atoms with Gasteiger partial charge < -0.3 is 14.6 Å². The summed E-state index contributed by atoms with van der Waals surface area (Å²) in [6.07, 6.45) is -2.47. The summed E-state index contributed by atoms with van der Waals surface area (Å²) < 4.78 is 40.5. The van der Waals surface area contributed by atoms with Crippen LogP contribution in [0.1, 0.15) is 33.9 Å². The molecule has 31 heavy (non-hydrogen) atoms. The minimum Gasteiger partial charge on any atom is -0.390 e. The van der Waals surface area contributed by atoms with Crippen molar-refractivity contribution in [1.29, 1.82) is 0 Å². The SMILES string of the molecule is CN(CC(O)CN1CCc2ccccc2C1)C(=O)c1cn2c(n1)CCC(C(F)(F)F)C2. The third kappa shape index (κ3) is 4.93. The van der Waals surface area contributed by atoms with Crippen LogP contribution in [-0.4, -0.2) is 69.3 Å². The average molecular weight is 436 g/mol. The lowest BCUT2D eigenvalue weighted by Crippen LogP contribution is -2.42. The molecule has 0 radical (unpaired) electrons. The molecule has 168 valence electrons. The van der Waals surface area contributed by atoms with Crippen molar-refractivity contribution in [2.24, 2.45) is 5.92 Å². The molecule has 0 saturated heterocycles. The van der Waals surface area contributed by atoms with E-state index in [2.05, 4.69) is 22.0 Å². The Kier molecular flexibility index (Phi) is 6.07. The zero-order valence-electron chi connectivity index (χ0n) is 17.5. The molecule has 1 aromatic heterocycles. The maximum atomic E-state index is 13.0. The van der Waals surface area contributed by atoms with E-state index >= 15 is 0 Å². The predicted octanol–water partition coefficient (Wildman–Crippen LogP) is 2.50. The minimum absolute atomic E-state index is 0.0122. The first-order valence-corrected chi connectivity index (χ1v) is 10.6. The minimum atomic E-state index is -4.25. The molecular formula is C22H27F3N4O2. The number of hydrogen-bond donors (Lipinski definition) is 1. The molecule has 9 heteroatoms. The van der Waals surface area contributed by atoms with Gasteiger partial charge in [-0.3, -0.25) is 9.69 Å². The van der Waals surface area contributed by atoms with Gasteiger partial charge in [-0.05, 0) is 24.0 Å². The Balaban J connectivity index is 1.32. The number of likely N-dealkylation sites (N-methyl/N-ethyl adjacent to an activating group) is 1. The molecule has 0 spiro atoms. The molecule has 0 aliphatic carbocycles. The fourth-order valence-electron chi connectivity index (χ4n) is 4.47. The number of aromatic nitrogens is 2. The fourth-order valence-corrected chi connectivity index (χ4v) is 4.47. The van der Waals surface area contributed by atoms with E-state index in [9.17, 15) is 23.1 Å². The van der Waals surface area contributed by atoms with Gasteiger partial charge in [-0.2, -0.15) is 13.2 Å².